The Labute approximate surface area is 119 Å². The van der Waals surface area contributed by atoms with Crippen molar-refractivity contribution in [1.29, 1.82) is 0 Å². The molecule has 2 rings (SSSR count). The Hall–Kier alpha value is -1.85. The minimum atomic E-state index is -0.500. The number of amides is 2. The molecule has 1 fully saturated rings. The number of nitrogens with zero attached hydrogens (tertiary/aromatic N) is 3. The number of piperidine rings is 1. The number of rotatable bonds is 3. The van der Waals surface area contributed by atoms with Crippen molar-refractivity contribution >= 4 is 11.8 Å². The molecular weight excluding hydrogens is 256 g/mol. The summed E-state index contributed by atoms with van der Waals surface area (Å²) in [5.74, 6) is -0.243. The zero-order valence-electron chi connectivity index (χ0n) is 12.3. The predicted molar refractivity (Wildman–Crippen MR) is 75.3 cm³/mol. The molecule has 0 aromatic carbocycles. The number of likely N-dealkylation sites (tertiary alicyclic amines) is 1. The van der Waals surface area contributed by atoms with E-state index in [2.05, 4.69) is 10.4 Å². The van der Waals surface area contributed by atoms with E-state index < -0.39 is 6.04 Å². The topological polar surface area (TPSA) is 67.2 Å². The highest BCUT2D eigenvalue weighted by atomic mass is 16.2. The number of hydrogen-bond donors (Lipinski definition) is 1. The van der Waals surface area contributed by atoms with Crippen LogP contribution in [0.1, 0.15) is 42.2 Å². The molecular formula is C14H22N4O2. The number of carbonyl (C=O) groups is 2. The molecule has 1 aromatic heterocycles. The van der Waals surface area contributed by atoms with E-state index in [0.29, 0.717) is 5.56 Å². The van der Waals surface area contributed by atoms with Crippen LogP contribution >= 0.6 is 0 Å². The van der Waals surface area contributed by atoms with Crippen molar-refractivity contribution in [3.05, 3.63) is 17.5 Å². The maximum absolute atomic E-state index is 12.2. The van der Waals surface area contributed by atoms with E-state index in [-0.39, 0.29) is 11.8 Å². The fraction of sp³-hybridized carbons (Fsp3) is 0.643. The van der Waals surface area contributed by atoms with Gasteiger partial charge in [-0.05, 0) is 33.1 Å². The first-order chi connectivity index (χ1) is 9.50. The molecule has 110 valence electrons. The monoisotopic (exact) mass is 278 g/mol. The van der Waals surface area contributed by atoms with E-state index in [1.54, 1.807) is 18.7 Å². The van der Waals surface area contributed by atoms with Crippen molar-refractivity contribution in [2.24, 2.45) is 7.05 Å². The van der Waals surface area contributed by atoms with Crippen LogP contribution in [0, 0.1) is 6.92 Å². The lowest BCUT2D eigenvalue weighted by atomic mass is 10.1. The summed E-state index contributed by atoms with van der Waals surface area (Å²) < 4.78 is 1.64. The van der Waals surface area contributed by atoms with Gasteiger partial charge in [-0.1, -0.05) is 0 Å². The Kier molecular flexibility index (Phi) is 4.42. The second kappa shape index (κ2) is 6.07. The molecule has 6 nitrogen and oxygen atoms in total. The van der Waals surface area contributed by atoms with Gasteiger partial charge in [-0.15, -0.1) is 0 Å². The van der Waals surface area contributed by atoms with Gasteiger partial charge in [0.2, 0.25) is 5.91 Å². The van der Waals surface area contributed by atoms with Crippen LogP contribution in [0.5, 0.6) is 0 Å². The molecule has 1 N–H and O–H groups in total. The molecule has 0 saturated carbocycles. The van der Waals surface area contributed by atoms with E-state index in [9.17, 15) is 9.59 Å². The summed E-state index contributed by atoms with van der Waals surface area (Å²) in [5.41, 5.74) is 1.31. The highest BCUT2D eigenvalue weighted by Gasteiger charge is 2.24. The van der Waals surface area contributed by atoms with Gasteiger partial charge in [0, 0.05) is 25.8 Å². The van der Waals surface area contributed by atoms with E-state index in [1.807, 2.05) is 11.8 Å². The molecule has 1 atom stereocenters. The second-order valence-corrected chi connectivity index (χ2v) is 5.35. The molecule has 2 amide bonds. The number of nitrogens with one attached hydrogen (secondary N) is 1. The number of aromatic nitrogens is 2. The number of aryl methyl sites for hydroxylation is 1. The van der Waals surface area contributed by atoms with Gasteiger partial charge < -0.3 is 10.2 Å². The summed E-state index contributed by atoms with van der Waals surface area (Å²) in [7, 11) is 1.79. The van der Waals surface area contributed by atoms with Crippen LogP contribution < -0.4 is 5.32 Å². The zero-order valence-corrected chi connectivity index (χ0v) is 12.3. The molecule has 0 aliphatic carbocycles. The van der Waals surface area contributed by atoms with E-state index >= 15 is 0 Å². The third-order valence-corrected chi connectivity index (χ3v) is 3.87. The summed E-state index contributed by atoms with van der Waals surface area (Å²) in [5, 5.41) is 6.80. The third-order valence-electron chi connectivity index (χ3n) is 3.87. The first-order valence-electron chi connectivity index (χ1n) is 7.09. The van der Waals surface area contributed by atoms with Crippen LogP contribution in [0.15, 0.2) is 6.20 Å². The lowest BCUT2D eigenvalue weighted by Gasteiger charge is -2.29. The SMILES string of the molecule is Cc1c(C(=O)N[C@@H](C)C(=O)N2CCCCC2)cnn1C. The Bertz CT molecular complexity index is 503. The minimum Gasteiger partial charge on any atom is -0.341 e. The molecule has 6 heteroatoms. The molecule has 0 unspecified atom stereocenters. The Morgan fingerprint density at radius 1 is 1.30 bits per heavy atom. The molecule has 0 radical (unpaired) electrons. The van der Waals surface area contributed by atoms with Crippen molar-refractivity contribution < 1.29 is 9.59 Å². The number of hydrogen-bond acceptors (Lipinski definition) is 3. The van der Waals surface area contributed by atoms with Crippen molar-refractivity contribution in [2.75, 3.05) is 13.1 Å². The summed E-state index contributed by atoms with van der Waals surface area (Å²) in [6, 6.07) is -0.500. The Balaban J connectivity index is 1.96. The predicted octanol–water partition coefficient (Wildman–Crippen LogP) is 0.859. The molecule has 2 heterocycles. The summed E-state index contributed by atoms with van der Waals surface area (Å²) in [4.78, 5) is 26.2. The summed E-state index contributed by atoms with van der Waals surface area (Å²) in [6.45, 7) is 5.16. The Morgan fingerprint density at radius 2 is 1.95 bits per heavy atom. The lowest BCUT2D eigenvalue weighted by molar-refractivity contribution is -0.133. The van der Waals surface area contributed by atoms with E-state index in [0.717, 1.165) is 31.6 Å². The summed E-state index contributed by atoms with van der Waals surface area (Å²) in [6.07, 6.45) is 4.81. The molecule has 1 aromatic rings. The first-order valence-corrected chi connectivity index (χ1v) is 7.09. The van der Waals surface area contributed by atoms with Gasteiger partial charge in [-0.2, -0.15) is 5.10 Å². The highest BCUT2D eigenvalue weighted by molar-refractivity contribution is 5.98. The molecule has 1 aliphatic heterocycles. The normalized spacial score (nSPS) is 16.9. The van der Waals surface area contributed by atoms with Crippen LogP contribution in [0.3, 0.4) is 0 Å². The van der Waals surface area contributed by atoms with Crippen LogP contribution in [-0.4, -0.2) is 45.6 Å². The van der Waals surface area contributed by atoms with Gasteiger partial charge in [0.1, 0.15) is 6.04 Å². The van der Waals surface area contributed by atoms with Crippen LogP contribution in [0.2, 0.25) is 0 Å². The van der Waals surface area contributed by atoms with Crippen molar-refractivity contribution in [3.8, 4) is 0 Å². The maximum atomic E-state index is 12.2. The highest BCUT2D eigenvalue weighted by Crippen LogP contribution is 2.11. The molecule has 0 spiro atoms. The molecule has 20 heavy (non-hydrogen) atoms. The smallest absolute Gasteiger partial charge is 0.255 e. The fourth-order valence-corrected chi connectivity index (χ4v) is 2.45. The second-order valence-electron chi connectivity index (χ2n) is 5.35. The van der Waals surface area contributed by atoms with Gasteiger partial charge in [0.15, 0.2) is 0 Å². The Morgan fingerprint density at radius 3 is 2.50 bits per heavy atom. The van der Waals surface area contributed by atoms with Crippen LogP contribution in [0.4, 0.5) is 0 Å². The quantitative estimate of drug-likeness (QED) is 0.891. The lowest BCUT2D eigenvalue weighted by Crippen LogP contribution is -2.48. The largest absolute Gasteiger partial charge is 0.341 e. The van der Waals surface area contributed by atoms with Crippen molar-refractivity contribution in [3.63, 3.8) is 0 Å². The van der Waals surface area contributed by atoms with Gasteiger partial charge in [0.25, 0.3) is 5.91 Å². The minimum absolute atomic E-state index is 0.000377. The van der Waals surface area contributed by atoms with Crippen molar-refractivity contribution in [1.82, 2.24) is 20.0 Å². The van der Waals surface area contributed by atoms with Gasteiger partial charge in [0.05, 0.1) is 11.8 Å². The average molecular weight is 278 g/mol. The average Bonchev–Trinajstić information content (AvgIpc) is 2.79. The first kappa shape index (κ1) is 14.6. The fourth-order valence-electron chi connectivity index (χ4n) is 2.45. The maximum Gasteiger partial charge on any atom is 0.255 e. The third kappa shape index (κ3) is 3.00. The standard InChI is InChI=1S/C14H22N4O2/c1-10(14(20)18-7-5-4-6-8-18)16-13(19)12-9-15-17(3)11(12)2/h9-10H,4-8H2,1-3H3,(H,16,19)/t10-/m0/s1. The zero-order chi connectivity index (χ0) is 14.7. The molecule has 0 bridgehead atoms. The molecule has 1 aliphatic rings. The number of carbonyl (C=O) groups excluding carboxylic acids is 2. The van der Waals surface area contributed by atoms with Crippen molar-refractivity contribution in [2.45, 2.75) is 39.2 Å². The van der Waals surface area contributed by atoms with Gasteiger partial charge >= 0.3 is 0 Å². The van der Waals surface area contributed by atoms with Crippen LogP contribution in [-0.2, 0) is 11.8 Å². The van der Waals surface area contributed by atoms with E-state index in [1.165, 1.54) is 12.6 Å². The summed E-state index contributed by atoms with van der Waals surface area (Å²) >= 11 is 0. The van der Waals surface area contributed by atoms with Gasteiger partial charge in [-0.3, -0.25) is 14.3 Å². The van der Waals surface area contributed by atoms with Gasteiger partial charge in [-0.25, -0.2) is 0 Å². The molecule has 1 saturated heterocycles. The van der Waals surface area contributed by atoms with Crippen LogP contribution in [0.25, 0.3) is 0 Å². The van der Waals surface area contributed by atoms with E-state index in [4.69, 9.17) is 0 Å².